The Bertz CT molecular complexity index is 572. The molecule has 0 saturated heterocycles. The molecule has 0 atom stereocenters. The lowest BCUT2D eigenvalue weighted by molar-refractivity contribution is 0.0736. The van der Waals surface area contributed by atoms with Crippen LogP contribution in [-0.2, 0) is 19.5 Å². The molecule has 0 bridgehead atoms. The molecule has 0 heterocycles. The molecule has 2 N–H and O–H groups in total. The lowest BCUT2D eigenvalue weighted by atomic mass is 10.2. The Morgan fingerprint density at radius 1 is 1.19 bits per heavy atom. The van der Waals surface area contributed by atoms with Crippen molar-refractivity contribution in [2.45, 2.75) is 4.90 Å². The maximum absolute atomic E-state index is 12.0. The van der Waals surface area contributed by atoms with Crippen molar-refractivity contribution in [3.05, 3.63) is 29.8 Å². The van der Waals surface area contributed by atoms with Crippen LogP contribution in [0.25, 0.3) is 0 Å². The molecule has 0 amide bonds. The van der Waals surface area contributed by atoms with E-state index in [2.05, 4.69) is 16.6 Å². The number of hydrogen-bond donors (Lipinski definition) is 2. The molecule has 0 aromatic heterocycles. The van der Waals surface area contributed by atoms with Crippen LogP contribution in [0.2, 0.25) is 0 Å². The molecular weight excluding hydrogens is 294 g/mol. The van der Waals surface area contributed by atoms with E-state index in [9.17, 15) is 8.42 Å². The number of aliphatic hydroxyl groups is 1. The Hall–Kier alpha value is -1.43. The first-order valence-electron chi connectivity index (χ1n) is 6.36. The average Bonchev–Trinajstić information content (AvgIpc) is 2.49. The van der Waals surface area contributed by atoms with E-state index in [0.29, 0.717) is 18.8 Å². The molecule has 0 spiro atoms. The Balaban J connectivity index is 2.50. The van der Waals surface area contributed by atoms with Crippen molar-refractivity contribution in [2.24, 2.45) is 0 Å². The molecule has 1 rings (SSSR count). The molecule has 6 nitrogen and oxygen atoms in total. The van der Waals surface area contributed by atoms with Gasteiger partial charge in [-0.25, -0.2) is 13.1 Å². The number of benzene rings is 1. The largest absolute Gasteiger partial charge is 0.384 e. The third-order valence-corrected chi connectivity index (χ3v) is 3.92. The van der Waals surface area contributed by atoms with E-state index >= 15 is 0 Å². The van der Waals surface area contributed by atoms with Gasteiger partial charge in [-0.3, -0.25) is 0 Å². The van der Waals surface area contributed by atoms with Crippen LogP contribution in [0.15, 0.2) is 29.2 Å². The number of ether oxygens (including phenoxy) is 2. The fraction of sp³-hybridized carbons (Fsp3) is 0.429. The van der Waals surface area contributed by atoms with Crippen LogP contribution >= 0.6 is 0 Å². The molecule has 0 radical (unpaired) electrons. The first-order valence-corrected chi connectivity index (χ1v) is 7.84. The zero-order chi connectivity index (χ0) is 15.6. The topological polar surface area (TPSA) is 84.9 Å². The second-order valence-corrected chi connectivity index (χ2v) is 5.75. The van der Waals surface area contributed by atoms with Gasteiger partial charge in [0.25, 0.3) is 0 Å². The van der Waals surface area contributed by atoms with Crippen molar-refractivity contribution >= 4 is 10.0 Å². The molecule has 0 aliphatic rings. The van der Waals surface area contributed by atoms with Gasteiger partial charge in [0.15, 0.2) is 0 Å². The Morgan fingerprint density at radius 2 is 1.90 bits per heavy atom. The van der Waals surface area contributed by atoms with Crippen LogP contribution < -0.4 is 4.72 Å². The summed E-state index contributed by atoms with van der Waals surface area (Å²) in [6.07, 6.45) is 0. The molecule has 1 aromatic carbocycles. The van der Waals surface area contributed by atoms with E-state index in [4.69, 9.17) is 14.6 Å². The lowest BCUT2D eigenvalue weighted by Gasteiger charge is -2.07. The minimum atomic E-state index is -3.55. The monoisotopic (exact) mass is 313 g/mol. The molecule has 1 aromatic rings. The number of hydrogen-bond acceptors (Lipinski definition) is 5. The lowest BCUT2D eigenvalue weighted by Crippen LogP contribution is -2.27. The summed E-state index contributed by atoms with van der Waals surface area (Å²) in [5.74, 6) is 5.19. The average molecular weight is 313 g/mol. The molecule has 7 heteroatoms. The normalized spacial score (nSPS) is 11.0. The number of sulfonamides is 1. The molecule has 0 fully saturated rings. The summed E-state index contributed by atoms with van der Waals surface area (Å²) in [4.78, 5) is 0.161. The minimum Gasteiger partial charge on any atom is -0.384 e. The molecule has 0 saturated carbocycles. The minimum absolute atomic E-state index is 0.161. The van der Waals surface area contributed by atoms with Gasteiger partial charge in [-0.2, -0.15) is 0 Å². The number of aliphatic hydroxyl groups excluding tert-OH is 1. The van der Waals surface area contributed by atoms with Crippen molar-refractivity contribution in [1.29, 1.82) is 0 Å². The van der Waals surface area contributed by atoms with Gasteiger partial charge in [-0.1, -0.05) is 11.8 Å². The van der Waals surface area contributed by atoms with Gasteiger partial charge in [0.2, 0.25) is 10.0 Å². The summed E-state index contributed by atoms with van der Waals surface area (Å²) < 4.78 is 36.4. The maximum atomic E-state index is 12.0. The van der Waals surface area contributed by atoms with Crippen LogP contribution in [0.5, 0.6) is 0 Å². The number of methoxy groups -OCH3 is 1. The summed E-state index contributed by atoms with van der Waals surface area (Å²) in [7, 11) is -1.98. The molecule has 0 unspecified atom stereocenters. The van der Waals surface area contributed by atoms with Crippen molar-refractivity contribution < 1.29 is 23.0 Å². The highest BCUT2D eigenvalue weighted by Crippen LogP contribution is 2.09. The van der Waals surface area contributed by atoms with E-state index in [1.807, 2.05) is 0 Å². The maximum Gasteiger partial charge on any atom is 0.240 e. The van der Waals surface area contributed by atoms with Crippen molar-refractivity contribution in [3.63, 3.8) is 0 Å². The Morgan fingerprint density at radius 3 is 2.52 bits per heavy atom. The van der Waals surface area contributed by atoms with Gasteiger partial charge in [0, 0.05) is 19.2 Å². The van der Waals surface area contributed by atoms with Crippen LogP contribution in [0.4, 0.5) is 0 Å². The SMILES string of the molecule is COCCOCCNS(=O)(=O)c1ccc(C#CCO)cc1. The zero-order valence-electron chi connectivity index (χ0n) is 11.8. The van der Waals surface area contributed by atoms with Gasteiger partial charge in [-0.05, 0) is 24.3 Å². The van der Waals surface area contributed by atoms with E-state index in [-0.39, 0.29) is 24.7 Å². The van der Waals surface area contributed by atoms with Gasteiger partial charge in [-0.15, -0.1) is 0 Å². The summed E-state index contributed by atoms with van der Waals surface area (Å²) in [6.45, 7) is 1.14. The second-order valence-electron chi connectivity index (χ2n) is 3.99. The zero-order valence-corrected chi connectivity index (χ0v) is 12.6. The quantitative estimate of drug-likeness (QED) is 0.520. The van der Waals surface area contributed by atoms with E-state index in [0.717, 1.165) is 0 Å². The highest BCUT2D eigenvalue weighted by Gasteiger charge is 2.12. The predicted molar refractivity (Wildman–Crippen MR) is 78.3 cm³/mol. The third kappa shape index (κ3) is 6.71. The smallest absolute Gasteiger partial charge is 0.240 e. The third-order valence-electron chi connectivity index (χ3n) is 2.45. The Labute approximate surface area is 125 Å². The van der Waals surface area contributed by atoms with Crippen LogP contribution in [0.1, 0.15) is 5.56 Å². The Kier molecular flexibility index (Phi) is 7.97. The molecular formula is C14H19NO5S. The summed E-state index contributed by atoms with van der Waals surface area (Å²) in [6, 6.07) is 6.11. The molecule has 0 aliphatic heterocycles. The van der Waals surface area contributed by atoms with E-state index < -0.39 is 10.0 Å². The number of nitrogens with one attached hydrogen (secondary N) is 1. The van der Waals surface area contributed by atoms with Gasteiger partial charge in [0.1, 0.15) is 6.61 Å². The summed E-state index contributed by atoms with van der Waals surface area (Å²) in [5.41, 5.74) is 0.644. The highest BCUT2D eigenvalue weighted by atomic mass is 32.2. The molecule has 0 aliphatic carbocycles. The second kappa shape index (κ2) is 9.50. The fourth-order valence-corrected chi connectivity index (χ4v) is 2.45. The number of rotatable bonds is 8. The van der Waals surface area contributed by atoms with E-state index in [1.165, 1.54) is 12.1 Å². The van der Waals surface area contributed by atoms with Crippen molar-refractivity contribution in [1.82, 2.24) is 4.72 Å². The van der Waals surface area contributed by atoms with Gasteiger partial charge < -0.3 is 14.6 Å². The summed E-state index contributed by atoms with van der Waals surface area (Å²) in [5, 5.41) is 8.59. The van der Waals surface area contributed by atoms with Gasteiger partial charge >= 0.3 is 0 Å². The van der Waals surface area contributed by atoms with Crippen LogP contribution in [0.3, 0.4) is 0 Å². The van der Waals surface area contributed by atoms with Crippen molar-refractivity contribution in [3.8, 4) is 11.8 Å². The summed E-state index contributed by atoms with van der Waals surface area (Å²) >= 11 is 0. The van der Waals surface area contributed by atoms with Crippen LogP contribution in [0, 0.1) is 11.8 Å². The van der Waals surface area contributed by atoms with E-state index in [1.54, 1.807) is 19.2 Å². The molecule has 116 valence electrons. The van der Waals surface area contributed by atoms with Crippen LogP contribution in [-0.4, -0.2) is 53.6 Å². The van der Waals surface area contributed by atoms with Crippen molar-refractivity contribution in [2.75, 3.05) is 40.1 Å². The highest BCUT2D eigenvalue weighted by molar-refractivity contribution is 7.89. The standard InChI is InChI=1S/C14H19NO5S/c1-19-11-12-20-10-8-15-21(17,18)14-6-4-13(5-7-14)3-2-9-16/h4-7,15-16H,8-12H2,1H3. The van der Waals surface area contributed by atoms with Gasteiger partial charge in [0.05, 0.1) is 24.7 Å². The predicted octanol–water partition coefficient (Wildman–Crippen LogP) is -0.0283. The first-order chi connectivity index (χ1) is 10.1. The fourth-order valence-electron chi connectivity index (χ4n) is 1.43. The first kappa shape index (κ1) is 17.6. The molecule has 21 heavy (non-hydrogen) atoms.